The van der Waals surface area contributed by atoms with Crippen LogP contribution in [0.5, 0.6) is 0 Å². The highest BCUT2D eigenvalue weighted by Crippen LogP contribution is 2.20. The number of hydrogen-bond donors (Lipinski definition) is 1. The zero-order chi connectivity index (χ0) is 24.9. The summed E-state index contributed by atoms with van der Waals surface area (Å²) in [4.78, 5) is 46.2. The number of hydrogen-bond acceptors (Lipinski definition) is 5. The molecule has 0 aliphatic rings. The first-order valence-corrected chi connectivity index (χ1v) is 10.8. The molecule has 2 heterocycles. The smallest absolute Gasteiger partial charge is 0.294 e. The standard InChI is InChI=1S/C26H20F2N4O3/c1-2-23(33)31-25-26(35)32(22(14-30-25)17-3-7-20(27)8-4-17)15-16-11-19(13-29-12-16)24(34)18-5-9-21(28)10-6-18/h3-14H,2,15H2,1H3,(H,30,31,33). The molecule has 0 radical (unpaired) electrons. The number of rotatable bonds is 7. The molecule has 9 heteroatoms. The second kappa shape index (κ2) is 10.2. The average molecular weight is 474 g/mol. The van der Waals surface area contributed by atoms with Gasteiger partial charge in [-0.05, 0) is 60.2 Å². The summed E-state index contributed by atoms with van der Waals surface area (Å²) in [6, 6.07) is 12.3. The highest BCUT2D eigenvalue weighted by Gasteiger charge is 2.16. The molecule has 1 amide bonds. The second-order valence-corrected chi connectivity index (χ2v) is 7.71. The molecule has 2 aromatic carbocycles. The Bertz CT molecular complexity index is 1450. The number of pyridine rings is 1. The topological polar surface area (TPSA) is 93.9 Å². The summed E-state index contributed by atoms with van der Waals surface area (Å²) in [6.45, 7) is 1.65. The number of halogens is 2. The summed E-state index contributed by atoms with van der Waals surface area (Å²) >= 11 is 0. The summed E-state index contributed by atoms with van der Waals surface area (Å²) < 4.78 is 28.1. The minimum atomic E-state index is -0.566. The van der Waals surface area contributed by atoms with Gasteiger partial charge in [0.1, 0.15) is 11.6 Å². The van der Waals surface area contributed by atoms with Crippen LogP contribution in [0.2, 0.25) is 0 Å². The third kappa shape index (κ3) is 5.35. The molecular formula is C26H20F2N4O3. The van der Waals surface area contributed by atoms with Gasteiger partial charge in [0.25, 0.3) is 5.56 Å². The lowest BCUT2D eigenvalue weighted by atomic mass is 10.0. The van der Waals surface area contributed by atoms with Gasteiger partial charge in [-0.2, -0.15) is 0 Å². The SMILES string of the molecule is CCC(=O)Nc1ncc(-c2ccc(F)cc2)n(Cc2cncc(C(=O)c3ccc(F)cc3)c2)c1=O. The van der Waals surface area contributed by atoms with Crippen LogP contribution in [-0.4, -0.2) is 26.2 Å². The van der Waals surface area contributed by atoms with Crippen molar-refractivity contribution >= 4 is 17.5 Å². The molecule has 1 N–H and O–H groups in total. The Balaban J connectivity index is 1.75. The Hall–Kier alpha value is -4.53. The first-order valence-electron chi connectivity index (χ1n) is 10.8. The van der Waals surface area contributed by atoms with Crippen molar-refractivity contribution in [2.75, 3.05) is 5.32 Å². The maximum absolute atomic E-state index is 13.5. The van der Waals surface area contributed by atoms with Crippen LogP contribution in [0.25, 0.3) is 11.3 Å². The van der Waals surface area contributed by atoms with Crippen molar-refractivity contribution in [3.8, 4) is 11.3 Å². The summed E-state index contributed by atoms with van der Waals surface area (Å²) in [5.41, 5.74) is 1.45. The fourth-order valence-electron chi connectivity index (χ4n) is 3.45. The number of carbonyl (C=O) groups excluding carboxylic acids is 2. The van der Waals surface area contributed by atoms with E-state index < -0.39 is 17.2 Å². The molecule has 0 atom stereocenters. The van der Waals surface area contributed by atoms with E-state index in [2.05, 4.69) is 15.3 Å². The van der Waals surface area contributed by atoms with Crippen LogP contribution in [0.15, 0.2) is 78.0 Å². The molecule has 4 aromatic rings. The van der Waals surface area contributed by atoms with Gasteiger partial charge in [0.15, 0.2) is 11.6 Å². The summed E-state index contributed by atoms with van der Waals surface area (Å²) in [6.07, 6.45) is 4.48. The van der Waals surface area contributed by atoms with Crippen LogP contribution in [0.1, 0.15) is 34.8 Å². The normalized spacial score (nSPS) is 10.7. The van der Waals surface area contributed by atoms with Crippen molar-refractivity contribution < 1.29 is 18.4 Å². The van der Waals surface area contributed by atoms with E-state index >= 15 is 0 Å². The van der Waals surface area contributed by atoms with E-state index in [1.807, 2.05) is 0 Å². The zero-order valence-corrected chi connectivity index (χ0v) is 18.7. The zero-order valence-electron chi connectivity index (χ0n) is 18.7. The van der Waals surface area contributed by atoms with Gasteiger partial charge in [-0.3, -0.25) is 23.9 Å². The van der Waals surface area contributed by atoms with Crippen LogP contribution < -0.4 is 10.9 Å². The molecule has 0 fully saturated rings. The molecule has 0 spiro atoms. The summed E-state index contributed by atoms with van der Waals surface area (Å²) in [5.74, 6) is -1.75. The molecule has 7 nitrogen and oxygen atoms in total. The first kappa shape index (κ1) is 23.6. The Kier molecular flexibility index (Phi) is 6.86. The van der Waals surface area contributed by atoms with Crippen LogP contribution in [0, 0.1) is 11.6 Å². The van der Waals surface area contributed by atoms with E-state index in [1.54, 1.807) is 13.0 Å². The van der Waals surface area contributed by atoms with Crippen molar-refractivity contribution in [3.05, 3.63) is 112 Å². The first-order chi connectivity index (χ1) is 16.9. The highest BCUT2D eigenvalue weighted by atomic mass is 19.1. The van der Waals surface area contributed by atoms with Gasteiger partial charge in [-0.1, -0.05) is 6.92 Å². The van der Waals surface area contributed by atoms with Crippen LogP contribution in [0.4, 0.5) is 14.6 Å². The van der Waals surface area contributed by atoms with Gasteiger partial charge >= 0.3 is 0 Å². The van der Waals surface area contributed by atoms with Crippen molar-refractivity contribution in [1.82, 2.24) is 14.5 Å². The Labute approximate surface area is 199 Å². The lowest BCUT2D eigenvalue weighted by Crippen LogP contribution is -2.28. The molecular weight excluding hydrogens is 454 g/mol. The van der Waals surface area contributed by atoms with Crippen molar-refractivity contribution in [1.29, 1.82) is 0 Å². The molecule has 0 aliphatic heterocycles. The molecule has 4 rings (SSSR count). The number of benzene rings is 2. The van der Waals surface area contributed by atoms with Gasteiger partial charge in [-0.25, -0.2) is 13.8 Å². The number of amides is 1. The van der Waals surface area contributed by atoms with E-state index in [1.165, 1.54) is 71.7 Å². The number of aromatic nitrogens is 3. The number of ketones is 1. The Morgan fingerprint density at radius 2 is 1.57 bits per heavy atom. The number of nitrogens with zero attached hydrogens (tertiary/aromatic N) is 3. The second-order valence-electron chi connectivity index (χ2n) is 7.71. The summed E-state index contributed by atoms with van der Waals surface area (Å²) in [7, 11) is 0. The van der Waals surface area contributed by atoms with E-state index in [-0.39, 0.29) is 36.0 Å². The molecule has 0 aliphatic carbocycles. The number of nitrogens with one attached hydrogen (secondary N) is 1. The average Bonchev–Trinajstić information content (AvgIpc) is 2.87. The number of carbonyl (C=O) groups is 2. The Morgan fingerprint density at radius 3 is 2.23 bits per heavy atom. The molecule has 0 bridgehead atoms. The van der Waals surface area contributed by atoms with Crippen LogP contribution in [-0.2, 0) is 11.3 Å². The van der Waals surface area contributed by atoms with Gasteiger partial charge < -0.3 is 5.32 Å². The number of anilines is 1. The van der Waals surface area contributed by atoms with Crippen LogP contribution in [0.3, 0.4) is 0 Å². The largest absolute Gasteiger partial charge is 0.306 e. The molecule has 2 aromatic heterocycles. The predicted octanol–water partition coefficient (Wildman–Crippen LogP) is 4.21. The Morgan fingerprint density at radius 1 is 0.914 bits per heavy atom. The van der Waals surface area contributed by atoms with Crippen molar-refractivity contribution in [2.24, 2.45) is 0 Å². The molecule has 0 saturated carbocycles. The van der Waals surface area contributed by atoms with Crippen molar-refractivity contribution in [3.63, 3.8) is 0 Å². The maximum atomic E-state index is 13.5. The maximum Gasteiger partial charge on any atom is 0.294 e. The quantitative estimate of drug-likeness (QED) is 0.405. The van der Waals surface area contributed by atoms with Gasteiger partial charge in [-0.15, -0.1) is 0 Å². The minimum absolute atomic E-state index is 0.000592. The molecule has 0 saturated heterocycles. The van der Waals surface area contributed by atoms with E-state index in [0.717, 1.165) is 0 Å². The summed E-state index contributed by atoms with van der Waals surface area (Å²) in [5, 5.41) is 2.49. The lowest BCUT2D eigenvalue weighted by Gasteiger charge is -2.15. The fourth-order valence-corrected chi connectivity index (χ4v) is 3.45. The van der Waals surface area contributed by atoms with Gasteiger partial charge in [0, 0.05) is 35.5 Å². The molecule has 176 valence electrons. The van der Waals surface area contributed by atoms with Gasteiger partial charge in [0.2, 0.25) is 5.91 Å². The monoisotopic (exact) mass is 474 g/mol. The van der Waals surface area contributed by atoms with E-state index in [0.29, 0.717) is 22.4 Å². The molecule has 0 unspecified atom stereocenters. The molecule has 35 heavy (non-hydrogen) atoms. The fraction of sp³-hybridized carbons (Fsp3) is 0.115. The van der Waals surface area contributed by atoms with Crippen molar-refractivity contribution in [2.45, 2.75) is 19.9 Å². The minimum Gasteiger partial charge on any atom is -0.306 e. The van der Waals surface area contributed by atoms with Gasteiger partial charge in [0.05, 0.1) is 18.4 Å². The van der Waals surface area contributed by atoms with E-state index in [4.69, 9.17) is 0 Å². The highest BCUT2D eigenvalue weighted by molar-refractivity contribution is 6.08. The predicted molar refractivity (Wildman–Crippen MR) is 126 cm³/mol. The van der Waals surface area contributed by atoms with E-state index in [9.17, 15) is 23.2 Å². The van der Waals surface area contributed by atoms with Crippen LogP contribution >= 0.6 is 0 Å². The third-order valence-electron chi connectivity index (χ3n) is 5.28. The third-order valence-corrected chi connectivity index (χ3v) is 5.28. The lowest BCUT2D eigenvalue weighted by molar-refractivity contribution is -0.115.